The summed E-state index contributed by atoms with van der Waals surface area (Å²) in [6, 6.07) is 20.8. The molecule has 3 rings (SSSR count). The Bertz CT molecular complexity index is 1300. The Hall–Kier alpha value is -2.88. The highest BCUT2D eigenvalue weighted by molar-refractivity contribution is 9.10. The number of hydrogen-bond acceptors (Lipinski definition) is 4. The van der Waals surface area contributed by atoms with E-state index in [1.807, 2.05) is 0 Å². The highest BCUT2D eigenvalue weighted by atomic mass is 79.9. The monoisotopic (exact) mass is 591 g/mol. The molecule has 0 aliphatic rings. The van der Waals surface area contributed by atoms with Gasteiger partial charge in [0.05, 0.1) is 10.6 Å². The molecular weight excluding hydrogens is 566 g/mol. The van der Waals surface area contributed by atoms with Crippen molar-refractivity contribution in [2.24, 2.45) is 0 Å². The molecule has 1 unspecified atom stereocenters. The topological polar surface area (TPSA) is 86.8 Å². The zero-order valence-electron chi connectivity index (χ0n) is 19.9. The molecule has 7 nitrogen and oxygen atoms in total. The quantitative estimate of drug-likeness (QED) is 0.365. The van der Waals surface area contributed by atoms with E-state index in [1.54, 1.807) is 73.7 Å². The molecule has 0 saturated heterocycles. The van der Waals surface area contributed by atoms with Crippen molar-refractivity contribution in [2.75, 3.05) is 17.9 Å². The van der Waals surface area contributed by atoms with E-state index in [9.17, 15) is 18.0 Å². The highest BCUT2D eigenvalue weighted by Gasteiger charge is 2.33. The number of anilines is 1. The van der Waals surface area contributed by atoms with Crippen molar-refractivity contribution in [1.29, 1.82) is 0 Å². The van der Waals surface area contributed by atoms with E-state index in [0.29, 0.717) is 22.7 Å². The standard InChI is InChI=1S/C26H27BrClN3O4S/c1-3-24(26(33)29-2)30(17-19-9-7-8-12-23(19)28)25(32)18-31(21-15-13-20(27)14-16-21)36(34,35)22-10-5-4-6-11-22/h4-16,24H,3,17-18H2,1-2H3,(H,29,33). The van der Waals surface area contributed by atoms with Crippen LogP contribution in [0.1, 0.15) is 18.9 Å². The van der Waals surface area contributed by atoms with Crippen LogP contribution >= 0.6 is 27.5 Å². The number of halogens is 2. The van der Waals surface area contributed by atoms with E-state index in [2.05, 4.69) is 21.2 Å². The largest absolute Gasteiger partial charge is 0.357 e. The van der Waals surface area contributed by atoms with Crippen molar-refractivity contribution in [3.8, 4) is 0 Å². The van der Waals surface area contributed by atoms with Gasteiger partial charge in [-0.2, -0.15) is 0 Å². The first-order valence-electron chi connectivity index (χ1n) is 11.3. The lowest BCUT2D eigenvalue weighted by Crippen LogP contribution is -2.51. The fraction of sp³-hybridized carbons (Fsp3) is 0.231. The molecule has 0 fully saturated rings. The summed E-state index contributed by atoms with van der Waals surface area (Å²) in [5.41, 5.74) is 0.970. The van der Waals surface area contributed by atoms with Crippen molar-refractivity contribution in [3.63, 3.8) is 0 Å². The number of nitrogens with zero attached hydrogens (tertiary/aromatic N) is 2. The zero-order valence-corrected chi connectivity index (χ0v) is 23.1. The number of likely N-dealkylation sites (N-methyl/N-ethyl adjacent to an activating group) is 1. The smallest absolute Gasteiger partial charge is 0.264 e. The minimum Gasteiger partial charge on any atom is -0.357 e. The van der Waals surface area contributed by atoms with Crippen LogP contribution in [0.5, 0.6) is 0 Å². The number of carbonyl (C=O) groups is 2. The van der Waals surface area contributed by atoms with Gasteiger partial charge >= 0.3 is 0 Å². The third kappa shape index (κ3) is 6.46. The van der Waals surface area contributed by atoms with Gasteiger partial charge < -0.3 is 10.2 Å². The molecule has 10 heteroatoms. The summed E-state index contributed by atoms with van der Waals surface area (Å²) >= 11 is 9.71. The molecule has 0 aliphatic carbocycles. The first kappa shape index (κ1) is 27.7. The summed E-state index contributed by atoms with van der Waals surface area (Å²) < 4.78 is 29.1. The number of sulfonamides is 1. The predicted octanol–water partition coefficient (Wildman–Crippen LogP) is 4.85. The Labute approximate surface area is 225 Å². The van der Waals surface area contributed by atoms with E-state index in [1.165, 1.54) is 24.1 Å². The van der Waals surface area contributed by atoms with Crippen LogP contribution < -0.4 is 9.62 Å². The van der Waals surface area contributed by atoms with Crippen LogP contribution in [0.15, 0.2) is 88.2 Å². The lowest BCUT2D eigenvalue weighted by molar-refractivity contribution is -0.140. The van der Waals surface area contributed by atoms with Gasteiger partial charge in [0.15, 0.2) is 0 Å². The van der Waals surface area contributed by atoms with E-state index < -0.39 is 28.5 Å². The number of benzene rings is 3. The van der Waals surface area contributed by atoms with Crippen molar-refractivity contribution >= 4 is 55.1 Å². The molecule has 0 heterocycles. The molecule has 2 amide bonds. The van der Waals surface area contributed by atoms with Crippen LogP contribution in [-0.2, 0) is 26.2 Å². The maximum absolute atomic E-state index is 13.8. The van der Waals surface area contributed by atoms with Crippen LogP contribution in [0.2, 0.25) is 5.02 Å². The normalized spacial score (nSPS) is 12.0. The lowest BCUT2D eigenvalue weighted by atomic mass is 10.1. The molecule has 190 valence electrons. The highest BCUT2D eigenvalue weighted by Crippen LogP contribution is 2.27. The van der Waals surface area contributed by atoms with Gasteiger partial charge in [-0.05, 0) is 54.4 Å². The maximum Gasteiger partial charge on any atom is 0.264 e. The number of rotatable bonds is 10. The van der Waals surface area contributed by atoms with Gasteiger partial charge in [0.25, 0.3) is 10.0 Å². The van der Waals surface area contributed by atoms with Crippen LogP contribution in [-0.4, -0.2) is 44.8 Å². The molecule has 0 aliphatic heterocycles. The van der Waals surface area contributed by atoms with E-state index >= 15 is 0 Å². The first-order chi connectivity index (χ1) is 17.2. The minimum absolute atomic E-state index is 0.0456. The minimum atomic E-state index is -4.09. The van der Waals surface area contributed by atoms with Gasteiger partial charge in [-0.15, -0.1) is 0 Å². The fourth-order valence-electron chi connectivity index (χ4n) is 3.75. The molecular formula is C26H27BrClN3O4S. The summed E-state index contributed by atoms with van der Waals surface area (Å²) in [7, 11) is -2.59. The molecule has 0 bridgehead atoms. The van der Waals surface area contributed by atoms with Gasteiger partial charge in [0.1, 0.15) is 12.6 Å². The van der Waals surface area contributed by atoms with Crippen LogP contribution in [0.4, 0.5) is 5.69 Å². The molecule has 1 atom stereocenters. The molecule has 0 spiro atoms. The number of hydrogen-bond donors (Lipinski definition) is 1. The summed E-state index contributed by atoms with van der Waals surface area (Å²) in [6.45, 7) is 1.33. The van der Waals surface area contributed by atoms with Crippen molar-refractivity contribution < 1.29 is 18.0 Å². The Kier molecular flexibility index (Phi) is 9.53. The van der Waals surface area contributed by atoms with E-state index in [0.717, 1.165) is 8.78 Å². The summed E-state index contributed by atoms with van der Waals surface area (Å²) in [5, 5.41) is 3.04. The first-order valence-corrected chi connectivity index (χ1v) is 13.9. The Morgan fingerprint density at radius 1 is 0.972 bits per heavy atom. The Morgan fingerprint density at radius 3 is 2.17 bits per heavy atom. The zero-order chi connectivity index (χ0) is 26.3. The van der Waals surface area contributed by atoms with Gasteiger partial charge in [-0.3, -0.25) is 13.9 Å². The number of amides is 2. The third-order valence-electron chi connectivity index (χ3n) is 5.66. The number of carbonyl (C=O) groups excluding carboxylic acids is 2. The molecule has 3 aromatic rings. The molecule has 3 aromatic carbocycles. The predicted molar refractivity (Wildman–Crippen MR) is 145 cm³/mol. The van der Waals surface area contributed by atoms with E-state index in [4.69, 9.17) is 11.6 Å². The molecule has 0 radical (unpaired) electrons. The van der Waals surface area contributed by atoms with Gasteiger partial charge in [-0.25, -0.2) is 8.42 Å². The summed E-state index contributed by atoms with van der Waals surface area (Å²) in [6.07, 6.45) is 0.333. The fourth-order valence-corrected chi connectivity index (χ4v) is 5.65. The second kappa shape index (κ2) is 12.4. The number of nitrogens with one attached hydrogen (secondary N) is 1. The van der Waals surface area contributed by atoms with E-state index in [-0.39, 0.29) is 17.3 Å². The van der Waals surface area contributed by atoms with Crippen molar-refractivity contribution in [1.82, 2.24) is 10.2 Å². The summed E-state index contributed by atoms with van der Waals surface area (Å²) in [5.74, 6) is -0.883. The van der Waals surface area contributed by atoms with Gasteiger partial charge in [0.2, 0.25) is 11.8 Å². The van der Waals surface area contributed by atoms with Crippen molar-refractivity contribution in [2.45, 2.75) is 30.8 Å². The summed E-state index contributed by atoms with van der Waals surface area (Å²) in [4.78, 5) is 27.9. The van der Waals surface area contributed by atoms with Crippen LogP contribution in [0.25, 0.3) is 0 Å². The second-order valence-corrected chi connectivity index (χ2v) is 11.1. The van der Waals surface area contributed by atoms with Crippen LogP contribution in [0, 0.1) is 0 Å². The molecule has 36 heavy (non-hydrogen) atoms. The molecule has 0 aromatic heterocycles. The average Bonchev–Trinajstić information content (AvgIpc) is 2.89. The third-order valence-corrected chi connectivity index (χ3v) is 8.34. The maximum atomic E-state index is 13.8. The average molecular weight is 593 g/mol. The second-order valence-electron chi connectivity index (χ2n) is 7.95. The van der Waals surface area contributed by atoms with Gasteiger partial charge in [-0.1, -0.05) is 70.9 Å². The molecule has 1 N–H and O–H groups in total. The molecule has 0 saturated carbocycles. The Balaban J connectivity index is 2.05. The Morgan fingerprint density at radius 2 is 1.58 bits per heavy atom. The lowest BCUT2D eigenvalue weighted by Gasteiger charge is -2.33. The SMILES string of the molecule is CCC(C(=O)NC)N(Cc1ccccc1Cl)C(=O)CN(c1ccc(Br)cc1)S(=O)(=O)c1ccccc1. The van der Waals surface area contributed by atoms with Gasteiger partial charge in [0, 0.05) is 23.1 Å². The van der Waals surface area contributed by atoms with Crippen molar-refractivity contribution in [3.05, 3.63) is 93.9 Å². The van der Waals surface area contributed by atoms with Crippen LogP contribution in [0.3, 0.4) is 0 Å².